The van der Waals surface area contributed by atoms with E-state index in [0.29, 0.717) is 16.5 Å². The van der Waals surface area contributed by atoms with Crippen LogP contribution in [0.1, 0.15) is 26.3 Å². The van der Waals surface area contributed by atoms with Gasteiger partial charge in [-0.25, -0.2) is 9.59 Å². The Kier molecular flexibility index (Phi) is 4.33. The van der Waals surface area contributed by atoms with Crippen molar-refractivity contribution in [2.24, 2.45) is 10.7 Å². The van der Waals surface area contributed by atoms with E-state index in [4.69, 9.17) is 10.5 Å². The molecular weight excluding hydrogens is 298 g/mol. The van der Waals surface area contributed by atoms with Crippen molar-refractivity contribution >= 4 is 34.7 Å². The van der Waals surface area contributed by atoms with Gasteiger partial charge in [0, 0.05) is 11.6 Å². The van der Waals surface area contributed by atoms with Gasteiger partial charge in [-0.05, 0) is 32.4 Å². The van der Waals surface area contributed by atoms with Gasteiger partial charge in [0.15, 0.2) is 0 Å². The van der Waals surface area contributed by atoms with E-state index in [0.717, 1.165) is 0 Å². The number of aromatic nitrogens is 1. The Bertz CT molecular complexity index is 824. The Morgan fingerprint density at radius 3 is 2.61 bits per heavy atom. The van der Waals surface area contributed by atoms with E-state index in [1.807, 2.05) is 0 Å². The van der Waals surface area contributed by atoms with E-state index in [-0.39, 0.29) is 18.1 Å². The number of nitrogens with two attached hydrogens (primary N) is 1. The fourth-order valence-corrected chi connectivity index (χ4v) is 2.23. The van der Waals surface area contributed by atoms with Crippen molar-refractivity contribution in [1.82, 2.24) is 4.57 Å². The molecule has 0 aliphatic heterocycles. The summed E-state index contributed by atoms with van der Waals surface area (Å²) in [6.07, 6.45) is 2.85. The maximum absolute atomic E-state index is 11.9. The Hall–Kier alpha value is -2.92. The highest BCUT2D eigenvalue weighted by Crippen LogP contribution is 2.29. The quantitative estimate of drug-likeness (QED) is 0.533. The summed E-state index contributed by atoms with van der Waals surface area (Å²) in [6, 6.07) is 4.32. The van der Waals surface area contributed by atoms with Gasteiger partial charge >= 0.3 is 12.0 Å². The van der Waals surface area contributed by atoms with E-state index in [2.05, 4.69) is 4.99 Å². The number of esters is 1. The van der Waals surface area contributed by atoms with Gasteiger partial charge in [0.25, 0.3) is 0 Å². The first-order chi connectivity index (χ1) is 10.7. The van der Waals surface area contributed by atoms with Gasteiger partial charge in [-0.3, -0.25) is 9.36 Å². The molecule has 2 N–H and O–H groups in total. The molecule has 2 aromatic rings. The molecule has 1 amide bonds. The smallest absolute Gasteiger partial charge is 0.323 e. The number of isocyanates is 1. The Morgan fingerprint density at radius 1 is 1.35 bits per heavy atom. The van der Waals surface area contributed by atoms with Crippen LogP contribution in [0, 0.1) is 0 Å². The van der Waals surface area contributed by atoms with Crippen LogP contribution in [0.4, 0.5) is 10.5 Å². The third kappa shape index (κ3) is 3.84. The van der Waals surface area contributed by atoms with Gasteiger partial charge in [-0.2, -0.15) is 4.99 Å². The molecule has 2 rings (SSSR count). The van der Waals surface area contributed by atoms with Crippen LogP contribution in [0.5, 0.6) is 0 Å². The second-order valence-electron chi connectivity index (χ2n) is 6.04. The van der Waals surface area contributed by atoms with Crippen molar-refractivity contribution in [3.05, 3.63) is 30.0 Å². The summed E-state index contributed by atoms with van der Waals surface area (Å²) in [5.41, 5.74) is 6.16. The molecule has 0 spiro atoms. The number of amides is 1. The van der Waals surface area contributed by atoms with Gasteiger partial charge in [0.05, 0.1) is 11.9 Å². The number of primary amides is 1. The fourth-order valence-electron chi connectivity index (χ4n) is 2.23. The largest absolute Gasteiger partial charge is 0.460 e. The monoisotopic (exact) mass is 315 g/mol. The van der Waals surface area contributed by atoms with Gasteiger partial charge in [-0.1, -0.05) is 12.1 Å². The number of aliphatic imine (C=N–C) groups is 1. The number of benzene rings is 1. The van der Waals surface area contributed by atoms with Crippen molar-refractivity contribution in [2.75, 3.05) is 0 Å². The second kappa shape index (κ2) is 6.06. The fraction of sp³-hybridized carbons (Fsp3) is 0.312. The molecule has 120 valence electrons. The van der Waals surface area contributed by atoms with Crippen LogP contribution in [0.3, 0.4) is 0 Å². The topological polar surface area (TPSA) is 104 Å². The first-order valence-corrected chi connectivity index (χ1v) is 6.95. The zero-order chi connectivity index (χ0) is 17.2. The van der Waals surface area contributed by atoms with Crippen molar-refractivity contribution in [2.45, 2.75) is 32.8 Å². The Morgan fingerprint density at radius 2 is 2.04 bits per heavy atom. The van der Waals surface area contributed by atoms with Gasteiger partial charge in [0.2, 0.25) is 6.08 Å². The number of carbonyl (C=O) groups is 2. The van der Waals surface area contributed by atoms with E-state index in [1.165, 1.54) is 16.8 Å². The van der Waals surface area contributed by atoms with Crippen LogP contribution in [0.25, 0.3) is 10.9 Å². The highest BCUT2D eigenvalue weighted by molar-refractivity contribution is 5.99. The maximum Gasteiger partial charge on any atom is 0.323 e. The second-order valence-corrected chi connectivity index (χ2v) is 6.04. The first kappa shape index (κ1) is 16.5. The number of carbonyl (C=O) groups excluding carboxylic acids is 3. The molecule has 0 atom stereocenters. The number of hydrogen-bond acceptors (Lipinski definition) is 5. The van der Waals surface area contributed by atoms with Crippen molar-refractivity contribution in [3.8, 4) is 0 Å². The zero-order valence-corrected chi connectivity index (χ0v) is 13.1. The van der Waals surface area contributed by atoms with Gasteiger partial charge < -0.3 is 10.5 Å². The third-order valence-electron chi connectivity index (χ3n) is 3.02. The minimum absolute atomic E-state index is 0.0590. The van der Waals surface area contributed by atoms with Crippen LogP contribution >= 0.6 is 0 Å². The number of nitrogens with zero attached hydrogens (tertiary/aromatic N) is 2. The average molecular weight is 315 g/mol. The summed E-state index contributed by atoms with van der Waals surface area (Å²) in [4.78, 5) is 37.4. The van der Waals surface area contributed by atoms with Crippen LogP contribution in [-0.2, 0) is 20.7 Å². The highest BCUT2D eigenvalue weighted by Gasteiger charge is 2.18. The van der Waals surface area contributed by atoms with Crippen molar-refractivity contribution in [1.29, 1.82) is 0 Å². The molecule has 0 aliphatic rings. The number of hydrogen-bond donors (Lipinski definition) is 1. The summed E-state index contributed by atoms with van der Waals surface area (Å²) >= 11 is 0. The summed E-state index contributed by atoms with van der Waals surface area (Å²) in [5, 5.41) is 0.570. The molecule has 1 aromatic carbocycles. The standard InChI is InChI=1S/C16H17N3O4/c1-16(2,3)23-14(21)7-10-4-5-11-12(18-9-20)8-19(15(17)22)13(11)6-10/h4-6,8H,7H2,1-3H3,(H2,17,22). The normalized spacial score (nSPS) is 11.1. The molecule has 0 bridgehead atoms. The molecule has 0 aliphatic carbocycles. The maximum atomic E-state index is 11.9. The molecule has 1 heterocycles. The molecule has 7 heteroatoms. The lowest BCUT2D eigenvalue weighted by atomic mass is 10.1. The van der Waals surface area contributed by atoms with E-state index < -0.39 is 11.6 Å². The number of fused-ring (bicyclic) bond motifs is 1. The Balaban J connectivity index is 2.41. The number of ether oxygens (including phenoxy) is 1. The summed E-state index contributed by atoms with van der Waals surface area (Å²) in [5.74, 6) is -0.375. The molecule has 0 saturated heterocycles. The first-order valence-electron chi connectivity index (χ1n) is 6.95. The number of rotatable bonds is 3. The summed E-state index contributed by atoms with van der Waals surface area (Å²) in [7, 11) is 0. The lowest BCUT2D eigenvalue weighted by Crippen LogP contribution is -2.24. The molecular formula is C16H17N3O4. The summed E-state index contributed by atoms with van der Waals surface area (Å²) < 4.78 is 6.44. The molecule has 7 nitrogen and oxygen atoms in total. The molecule has 1 aromatic heterocycles. The van der Waals surface area contributed by atoms with Gasteiger partial charge in [0.1, 0.15) is 11.3 Å². The SMILES string of the molecule is CC(C)(C)OC(=O)Cc1ccc2c(N=C=O)cn(C(N)=O)c2c1. The highest BCUT2D eigenvalue weighted by atomic mass is 16.6. The molecule has 0 saturated carbocycles. The lowest BCUT2D eigenvalue weighted by molar-refractivity contribution is -0.153. The van der Waals surface area contributed by atoms with Crippen molar-refractivity contribution in [3.63, 3.8) is 0 Å². The molecule has 23 heavy (non-hydrogen) atoms. The zero-order valence-electron chi connectivity index (χ0n) is 13.1. The molecule has 0 unspecified atom stereocenters. The lowest BCUT2D eigenvalue weighted by Gasteiger charge is -2.19. The van der Waals surface area contributed by atoms with Crippen LogP contribution in [-0.4, -0.2) is 28.2 Å². The van der Waals surface area contributed by atoms with E-state index >= 15 is 0 Å². The van der Waals surface area contributed by atoms with E-state index in [9.17, 15) is 14.4 Å². The van der Waals surface area contributed by atoms with E-state index in [1.54, 1.807) is 39.0 Å². The minimum atomic E-state index is -0.711. The van der Waals surface area contributed by atoms with Crippen LogP contribution < -0.4 is 5.73 Å². The molecule has 0 radical (unpaired) electrons. The van der Waals surface area contributed by atoms with Crippen molar-refractivity contribution < 1.29 is 19.1 Å². The van der Waals surface area contributed by atoms with Gasteiger partial charge in [-0.15, -0.1) is 0 Å². The third-order valence-corrected chi connectivity index (χ3v) is 3.02. The predicted molar refractivity (Wildman–Crippen MR) is 84.2 cm³/mol. The summed E-state index contributed by atoms with van der Waals surface area (Å²) in [6.45, 7) is 5.36. The van der Waals surface area contributed by atoms with Crippen LogP contribution in [0.2, 0.25) is 0 Å². The Labute approximate surface area is 132 Å². The molecule has 0 fully saturated rings. The minimum Gasteiger partial charge on any atom is -0.460 e. The average Bonchev–Trinajstić information content (AvgIpc) is 2.75. The van der Waals surface area contributed by atoms with Crippen LogP contribution in [0.15, 0.2) is 29.4 Å². The predicted octanol–water partition coefficient (Wildman–Crippen LogP) is 2.42.